The van der Waals surface area contributed by atoms with Crippen molar-refractivity contribution in [3.05, 3.63) is 61.6 Å². The van der Waals surface area contributed by atoms with Crippen LogP contribution in [0.3, 0.4) is 0 Å². The standard InChI is InChI=1S/C21H19N3O5S/c1-26-15-5-3-13(7-17(15)27-2)8-19-20(25)24-11-23(10-22-21(24)30-19)14-4-6-16-18(9-14)29-12-28-16/h3-9H,10-12H2,1-2H3/b19-8-. The zero-order chi connectivity index (χ0) is 20.7. The van der Waals surface area contributed by atoms with Crippen molar-refractivity contribution < 1.29 is 18.9 Å². The number of rotatable bonds is 4. The number of nitrogens with zero attached hydrogens (tertiary/aromatic N) is 3. The average Bonchev–Trinajstić information content (AvgIpc) is 3.37. The SMILES string of the molecule is COc1ccc(/C=c2\sc3n(c2=O)CN(c2ccc4c(c2)OCO4)CN=3)cc1OC. The number of hydrogen-bond acceptors (Lipinski definition) is 8. The van der Waals surface area contributed by atoms with Crippen molar-refractivity contribution >= 4 is 23.1 Å². The summed E-state index contributed by atoms with van der Waals surface area (Å²) in [6.07, 6.45) is 1.85. The van der Waals surface area contributed by atoms with Gasteiger partial charge in [0.25, 0.3) is 5.56 Å². The molecule has 0 atom stereocenters. The third-order valence-electron chi connectivity index (χ3n) is 5.00. The second kappa shape index (κ2) is 7.42. The van der Waals surface area contributed by atoms with Gasteiger partial charge < -0.3 is 23.8 Å². The molecular formula is C21H19N3O5S. The van der Waals surface area contributed by atoms with Gasteiger partial charge in [0.15, 0.2) is 27.8 Å². The van der Waals surface area contributed by atoms with Gasteiger partial charge in [-0.3, -0.25) is 9.36 Å². The summed E-state index contributed by atoms with van der Waals surface area (Å²) in [5.74, 6) is 2.70. The lowest BCUT2D eigenvalue weighted by Gasteiger charge is -2.25. The first-order valence-corrected chi connectivity index (χ1v) is 10.1. The summed E-state index contributed by atoms with van der Waals surface area (Å²) in [6.45, 7) is 1.12. The molecule has 2 aliphatic heterocycles. The molecular weight excluding hydrogens is 406 g/mol. The van der Waals surface area contributed by atoms with Crippen LogP contribution in [0.4, 0.5) is 5.69 Å². The van der Waals surface area contributed by atoms with E-state index >= 15 is 0 Å². The summed E-state index contributed by atoms with van der Waals surface area (Å²) in [7, 11) is 3.18. The molecule has 0 fully saturated rings. The maximum absolute atomic E-state index is 13.0. The van der Waals surface area contributed by atoms with Crippen LogP contribution in [0, 0.1) is 0 Å². The molecule has 2 aliphatic rings. The molecule has 0 aliphatic carbocycles. The number of ether oxygens (including phenoxy) is 4. The molecule has 1 aromatic heterocycles. The maximum atomic E-state index is 13.0. The van der Waals surface area contributed by atoms with Crippen LogP contribution in [0.25, 0.3) is 6.08 Å². The van der Waals surface area contributed by atoms with Crippen LogP contribution < -0.4 is 38.7 Å². The van der Waals surface area contributed by atoms with Gasteiger partial charge in [-0.1, -0.05) is 17.4 Å². The highest BCUT2D eigenvalue weighted by atomic mass is 32.1. The van der Waals surface area contributed by atoms with E-state index in [0.29, 0.717) is 39.9 Å². The summed E-state index contributed by atoms with van der Waals surface area (Å²) >= 11 is 1.38. The Bertz CT molecular complexity index is 1300. The van der Waals surface area contributed by atoms with Gasteiger partial charge in [-0.25, -0.2) is 4.99 Å². The van der Waals surface area contributed by atoms with Gasteiger partial charge in [0.2, 0.25) is 6.79 Å². The zero-order valence-electron chi connectivity index (χ0n) is 16.5. The minimum absolute atomic E-state index is 0.0704. The lowest BCUT2D eigenvalue weighted by molar-refractivity contribution is 0.174. The molecule has 0 N–H and O–H groups in total. The zero-order valence-corrected chi connectivity index (χ0v) is 17.3. The molecule has 0 unspecified atom stereocenters. The molecule has 0 saturated carbocycles. The number of fused-ring (bicyclic) bond motifs is 2. The third-order valence-corrected chi connectivity index (χ3v) is 6.05. The van der Waals surface area contributed by atoms with Crippen molar-refractivity contribution in [3.8, 4) is 23.0 Å². The minimum Gasteiger partial charge on any atom is -0.493 e. The quantitative estimate of drug-likeness (QED) is 0.631. The van der Waals surface area contributed by atoms with Crippen molar-refractivity contribution in [1.82, 2.24) is 4.57 Å². The molecule has 0 saturated heterocycles. The van der Waals surface area contributed by atoms with Crippen molar-refractivity contribution in [2.45, 2.75) is 6.67 Å². The molecule has 3 heterocycles. The minimum atomic E-state index is -0.0704. The highest BCUT2D eigenvalue weighted by Gasteiger charge is 2.19. The maximum Gasteiger partial charge on any atom is 0.271 e. The Morgan fingerprint density at radius 1 is 1.07 bits per heavy atom. The Labute approximate surface area is 175 Å². The summed E-state index contributed by atoms with van der Waals surface area (Å²) in [5.41, 5.74) is 1.72. The smallest absolute Gasteiger partial charge is 0.271 e. The van der Waals surface area contributed by atoms with Crippen LogP contribution in [0.5, 0.6) is 23.0 Å². The number of thiazole rings is 1. The highest BCUT2D eigenvalue weighted by Crippen LogP contribution is 2.35. The Morgan fingerprint density at radius 2 is 1.90 bits per heavy atom. The molecule has 8 nitrogen and oxygen atoms in total. The lowest BCUT2D eigenvalue weighted by atomic mass is 10.2. The Kier molecular flexibility index (Phi) is 4.59. The predicted octanol–water partition coefficient (Wildman–Crippen LogP) is 1.54. The Balaban J connectivity index is 1.48. The topological polar surface area (TPSA) is 74.5 Å². The first-order chi connectivity index (χ1) is 14.7. The Hall–Kier alpha value is -3.46. The first-order valence-electron chi connectivity index (χ1n) is 9.29. The lowest BCUT2D eigenvalue weighted by Crippen LogP contribution is -2.42. The van der Waals surface area contributed by atoms with E-state index < -0.39 is 0 Å². The van der Waals surface area contributed by atoms with Gasteiger partial charge in [-0.15, -0.1) is 0 Å². The highest BCUT2D eigenvalue weighted by molar-refractivity contribution is 7.07. The monoisotopic (exact) mass is 425 g/mol. The predicted molar refractivity (Wildman–Crippen MR) is 112 cm³/mol. The first kappa shape index (κ1) is 18.6. The molecule has 0 spiro atoms. The average molecular weight is 425 g/mol. The summed E-state index contributed by atoms with van der Waals surface area (Å²) in [6, 6.07) is 11.3. The van der Waals surface area contributed by atoms with Crippen molar-refractivity contribution in [1.29, 1.82) is 0 Å². The second-order valence-electron chi connectivity index (χ2n) is 6.76. The van der Waals surface area contributed by atoms with Gasteiger partial charge >= 0.3 is 0 Å². The van der Waals surface area contributed by atoms with Gasteiger partial charge in [0, 0.05) is 11.8 Å². The van der Waals surface area contributed by atoms with Gasteiger partial charge in [-0.05, 0) is 35.9 Å². The van der Waals surface area contributed by atoms with E-state index in [4.69, 9.17) is 18.9 Å². The van der Waals surface area contributed by atoms with Crippen LogP contribution >= 0.6 is 11.3 Å². The van der Waals surface area contributed by atoms with Crippen molar-refractivity contribution in [2.75, 3.05) is 32.6 Å². The molecule has 9 heteroatoms. The van der Waals surface area contributed by atoms with E-state index in [9.17, 15) is 4.79 Å². The molecule has 3 aromatic rings. The number of aromatic nitrogens is 1. The van der Waals surface area contributed by atoms with Crippen LogP contribution in [-0.4, -0.2) is 32.2 Å². The van der Waals surface area contributed by atoms with Crippen LogP contribution in [0.2, 0.25) is 0 Å². The number of benzene rings is 2. The normalized spacial score (nSPS) is 15.0. The van der Waals surface area contributed by atoms with Crippen molar-refractivity contribution in [3.63, 3.8) is 0 Å². The van der Waals surface area contributed by atoms with E-state index in [2.05, 4.69) is 4.99 Å². The van der Waals surface area contributed by atoms with E-state index in [1.807, 2.05) is 47.4 Å². The van der Waals surface area contributed by atoms with Gasteiger partial charge in [-0.2, -0.15) is 0 Å². The molecule has 0 amide bonds. The summed E-state index contributed by atoms with van der Waals surface area (Å²) in [4.78, 5) is 20.3. The molecule has 5 rings (SSSR count). The van der Waals surface area contributed by atoms with Gasteiger partial charge in [0.05, 0.1) is 18.8 Å². The van der Waals surface area contributed by atoms with E-state index in [-0.39, 0.29) is 12.4 Å². The second-order valence-corrected chi connectivity index (χ2v) is 7.77. The number of methoxy groups -OCH3 is 2. The van der Waals surface area contributed by atoms with E-state index in [1.165, 1.54) is 11.3 Å². The largest absolute Gasteiger partial charge is 0.493 e. The van der Waals surface area contributed by atoms with E-state index in [0.717, 1.165) is 17.0 Å². The Morgan fingerprint density at radius 3 is 2.73 bits per heavy atom. The fourth-order valence-electron chi connectivity index (χ4n) is 3.45. The molecule has 2 aromatic carbocycles. The van der Waals surface area contributed by atoms with Crippen molar-refractivity contribution in [2.24, 2.45) is 4.99 Å². The molecule has 0 bridgehead atoms. The summed E-state index contributed by atoms with van der Waals surface area (Å²) < 4.78 is 23.8. The third kappa shape index (κ3) is 3.17. The molecule has 0 radical (unpaired) electrons. The number of anilines is 1. The summed E-state index contributed by atoms with van der Waals surface area (Å²) in [5, 5.41) is 0. The fourth-order valence-corrected chi connectivity index (χ4v) is 4.41. The number of hydrogen-bond donors (Lipinski definition) is 0. The fraction of sp³-hybridized carbons (Fsp3) is 0.238. The van der Waals surface area contributed by atoms with Crippen LogP contribution in [0.15, 0.2) is 46.2 Å². The molecule has 30 heavy (non-hydrogen) atoms. The van der Waals surface area contributed by atoms with Crippen LogP contribution in [-0.2, 0) is 6.67 Å². The van der Waals surface area contributed by atoms with Crippen LogP contribution in [0.1, 0.15) is 5.56 Å². The van der Waals surface area contributed by atoms with E-state index in [1.54, 1.807) is 18.8 Å². The van der Waals surface area contributed by atoms with Gasteiger partial charge in [0.1, 0.15) is 13.3 Å². The molecule has 154 valence electrons.